The minimum Gasteiger partial charge on any atom is -0.360 e. The lowest BCUT2D eigenvalue weighted by Gasteiger charge is -2.04. The zero-order chi connectivity index (χ0) is 12.4. The van der Waals surface area contributed by atoms with Gasteiger partial charge >= 0.3 is 0 Å². The van der Waals surface area contributed by atoms with E-state index < -0.39 is 0 Å². The maximum absolute atomic E-state index is 11.9. The molecule has 1 aromatic carbocycles. The van der Waals surface area contributed by atoms with Crippen molar-refractivity contribution in [3.63, 3.8) is 0 Å². The predicted octanol–water partition coefficient (Wildman–Crippen LogP) is 2.82. The summed E-state index contributed by atoms with van der Waals surface area (Å²) in [6.07, 6.45) is 3.47. The molecular formula is C14H11N3O. The van der Waals surface area contributed by atoms with Gasteiger partial charge in [0, 0.05) is 11.8 Å². The molecule has 0 saturated carbocycles. The molecule has 2 heterocycles. The predicted molar refractivity (Wildman–Crippen MR) is 70.5 cm³/mol. The van der Waals surface area contributed by atoms with Crippen molar-refractivity contribution in [2.45, 2.75) is 0 Å². The van der Waals surface area contributed by atoms with Crippen LogP contribution in [0.1, 0.15) is 10.4 Å². The molecule has 4 nitrogen and oxygen atoms in total. The molecule has 0 unspecified atom stereocenters. The van der Waals surface area contributed by atoms with Crippen molar-refractivity contribution >= 4 is 22.6 Å². The molecule has 3 aromatic rings. The quantitative estimate of drug-likeness (QED) is 0.720. The van der Waals surface area contributed by atoms with Crippen molar-refractivity contribution in [1.82, 2.24) is 9.97 Å². The van der Waals surface area contributed by atoms with E-state index in [0.717, 1.165) is 11.0 Å². The van der Waals surface area contributed by atoms with Crippen LogP contribution in [0.15, 0.2) is 54.9 Å². The van der Waals surface area contributed by atoms with Crippen LogP contribution in [0.3, 0.4) is 0 Å². The van der Waals surface area contributed by atoms with Crippen LogP contribution in [0.25, 0.3) is 11.0 Å². The monoisotopic (exact) mass is 237 g/mol. The lowest BCUT2D eigenvalue weighted by Crippen LogP contribution is -2.11. The van der Waals surface area contributed by atoms with Crippen LogP contribution in [-0.2, 0) is 0 Å². The third-order valence-electron chi connectivity index (χ3n) is 2.69. The third kappa shape index (κ3) is 1.96. The van der Waals surface area contributed by atoms with Gasteiger partial charge in [0.25, 0.3) is 5.91 Å². The van der Waals surface area contributed by atoms with Crippen molar-refractivity contribution in [2.75, 3.05) is 5.32 Å². The molecule has 18 heavy (non-hydrogen) atoms. The molecule has 0 aliphatic heterocycles. The van der Waals surface area contributed by atoms with Crippen LogP contribution < -0.4 is 5.32 Å². The lowest BCUT2D eigenvalue weighted by atomic mass is 10.2. The average Bonchev–Trinajstić information content (AvgIpc) is 2.87. The molecule has 0 aliphatic rings. The van der Waals surface area contributed by atoms with E-state index in [2.05, 4.69) is 15.3 Å². The molecule has 0 saturated heterocycles. The molecule has 0 fully saturated rings. The van der Waals surface area contributed by atoms with Crippen LogP contribution in [-0.4, -0.2) is 15.9 Å². The van der Waals surface area contributed by atoms with Gasteiger partial charge in [-0.05, 0) is 24.3 Å². The van der Waals surface area contributed by atoms with E-state index in [9.17, 15) is 4.79 Å². The molecule has 2 aromatic heterocycles. The van der Waals surface area contributed by atoms with Gasteiger partial charge in [0.05, 0.1) is 22.9 Å². The Morgan fingerprint density at radius 2 is 2.00 bits per heavy atom. The van der Waals surface area contributed by atoms with Crippen LogP contribution >= 0.6 is 0 Å². The Labute approximate surface area is 104 Å². The Morgan fingerprint density at radius 1 is 1.17 bits per heavy atom. The van der Waals surface area contributed by atoms with E-state index in [1.54, 1.807) is 18.3 Å². The summed E-state index contributed by atoms with van der Waals surface area (Å²) in [5.74, 6) is -0.136. The molecule has 0 radical (unpaired) electrons. The largest absolute Gasteiger partial charge is 0.360 e. The third-order valence-corrected chi connectivity index (χ3v) is 2.69. The highest BCUT2D eigenvalue weighted by Crippen LogP contribution is 2.15. The summed E-state index contributed by atoms with van der Waals surface area (Å²) < 4.78 is 0. The number of hydrogen-bond donors (Lipinski definition) is 2. The SMILES string of the molecule is O=C(Nc1cnc2cc[nH]c2c1)c1ccccc1. The van der Waals surface area contributed by atoms with Crippen molar-refractivity contribution in [1.29, 1.82) is 0 Å². The highest BCUT2D eigenvalue weighted by Gasteiger charge is 2.06. The first-order valence-corrected chi connectivity index (χ1v) is 5.62. The number of benzene rings is 1. The average molecular weight is 237 g/mol. The number of nitrogens with one attached hydrogen (secondary N) is 2. The maximum atomic E-state index is 11.9. The topological polar surface area (TPSA) is 57.8 Å². The second kappa shape index (κ2) is 4.33. The molecule has 1 amide bonds. The molecule has 4 heteroatoms. The second-order valence-electron chi connectivity index (χ2n) is 3.95. The molecule has 2 N–H and O–H groups in total. The molecule has 88 valence electrons. The number of fused-ring (bicyclic) bond motifs is 1. The van der Waals surface area contributed by atoms with Crippen LogP contribution in [0, 0.1) is 0 Å². The maximum Gasteiger partial charge on any atom is 0.255 e. The highest BCUT2D eigenvalue weighted by molar-refractivity contribution is 6.04. The Bertz CT molecular complexity index is 688. The molecule has 3 rings (SSSR count). The molecular weight excluding hydrogens is 226 g/mol. The number of rotatable bonds is 2. The number of nitrogens with zero attached hydrogens (tertiary/aromatic N) is 1. The van der Waals surface area contributed by atoms with Crippen LogP contribution in [0.4, 0.5) is 5.69 Å². The fourth-order valence-corrected chi connectivity index (χ4v) is 1.80. The van der Waals surface area contributed by atoms with Crippen molar-refractivity contribution < 1.29 is 4.79 Å². The normalized spacial score (nSPS) is 10.4. The van der Waals surface area contributed by atoms with Gasteiger partial charge < -0.3 is 10.3 Å². The van der Waals surface area contributed by atoms with E-state index in [1.165, 1.54) is 0 Å². The Kier molecular flexibility index (Phi) is 2.53. The molecule has 0 atom stereocenters. The van der Waals surface area contributed by atoms with Gasteiger partial charge in [-0.15, -0.1) is 0 Å². The number of hydrogen-bond acceptors (Lipinski definition) is 2. The molecule has 0 bridgehead atoms. The first-order valence-electron chi connectivity index (χ1n) is 5.62. The van der Waals surface area contributed by atoms with Crippen LogP contribution in [0.2, 0.25) is 0 Å². The number of carbonyl (C=O) groups is 1. The van der Waals surface area contributed by atoms with E-state index >= 15 is 0 Å². The van der Waals surface area contributed by atoms with Gasteiger partial charge in [-0.1, -0.05) is 18.2 Å². The zero-order valence-electron chi connectivity index (χ0n) is 9.55. The second-order valence-corrected chi connectivity index (χ2v) is 3.95. The number of pyridine rings is 1. The Balaban J connectivity index is 1.86. The summed E-state index contributed by atoms with van der Waals surface area (Å²) >= 11 is 0. The number of H-pyrrole nitrogens is 1. The smallest absolute Gasteiger partial charge is 0.255 e. The number of aromatic nitrogens is 2. The van der Waals surface area contributed by atoms with Crippen molar-refractivity contribution in [3.05, 3.63) is 60.4 Å². The number of carbonyl (C=O) groups excluding carboxylic acids is 1. The Morgan fingerprint density at radius 3 is 2.83 bits per heavy atom. The number of amides is 1. The van der Waals surface area contributed by atoms with Crippen molar-refractivity contribution in [2.24, 2.45) is 0 Å². The van der Waals surface area contributed by atoms with Gasteiger partial charge in [0.1, 0.15) is 0 Å². The summed E-state index contributed by atoms with van der Waals surface area (Å²) in [5, 5.41) is 2.82. The first kappa shape index (κ1) is 10.5. The van der Waals surface area contributed by atoms with E-state index in [1.807, 2.05) is 36.5 Å². The fourth-order valence-electron chi connectivity index (χ4n) is 1.80. The molecule has 0 spiro atoms. The summed E-state index contributed by atoms with van der Waals surface area (Å²) in [6, 6.07) is 12.8. The van der Waals surface area contributed by atoms with Gasteiger partial charge in [0.2, 0.25) is 0 Å². The summed E-state index contributed by atoms with van der Waals surface area (Å²) in [7, 11) is 0. The summed E-state index contributed by atoms with van der Waals surface area (Å²) in [5.41, 5.74) is 3.09. The van der Waals surface area contributed by atoms with E-state index in [0.29, 0.717) is 11.3 Å². The minimum absolute atomic E-state index is 0.136. The standard InChI is InChI=1S/C14H11N3O/c18-14(10-4-2-1-3-5-10)17-11-8-13-12(16-9-11)6-7-15-13/h1-9,15H,(H,17,18). The lowest BCUT2D eigenvalue weighted by molar-refractivity contribution is 0.102. The summed E-state index contributed by atoms with van der Waals surface area (Å²) in [4.78, 5) is 19.2. The highest BCUT2D eigenvalue weighted by atomic mass is 16.1. The van der Waals surface area contributed by atoms with Gasteiger partial charge in [0.15, 0.2) is 0 Å². The van der Waals surface area contributed by atoms with Gasteiger partial charge in [-0.25, -0.2) is 0 Å². The van der Waals surface area contributed by atoms with E-state index in [-0.39, 0.29) is 5.91 Å². The van der Waals surface area contributed by atoms with E-state index in [4.69, 9.17) is 0 Å². The Hall–Kier alpha value is -2.62. The molecule has 0 aliphatic carbocycles. The first-order chi connectivity index (χ1) is 8.83. The van der Waals surface area contributed by atoms with Gasteiger partial charge in [-0.3, -0.25) is 9.78 Å². The number of anilines is 1. The fraction of sp³-hybridized carbons (Fsp3) is 0. The van der Waals surface area contributed by atoms with Crippen molar-refractivity contribution in [3.8, 4) is 0 Å². The van der Waals surface area contributed by atoms with Gasteiger partial charge in [-0.2, -0.15) is 0 Å². The number of aromatic amines is 1. The van der Waals surface area contributed by atoms with Crippen LogP contribution in [0.5, 0.6) is 0 Å². The zero-order valence-corrected chi connectivity index (χ0v) is 9.55. The minimum atomic E-state index is -0.136. The summed E-state index contributed by atoms with van der Waals surface area (Å²) in [6.45, 7) is 0.